The molecule has 1 saturated heterocycles. The summed E-state index contributed by atoms with van der Waals surface area (Å²) in [6.07, 6.45) is 4.95. The summed E-state index contributed by atoms with van der Waals surface area (Å²) in [5.74, 6) is -1.07. The monoisotopic (exact) mass is 371 g/mol. The van der Waals surface area contributed by atoms with Crippen molar-refractivity contribution in [1.29, 1.82) is 0 Å². The number of nitrogens with zero attached hydrogens (tertiary/aromatic N) is 1. The fourth-order valence-corrected chi connectivity index (χ4v) is 3.59. The number of aryl methyl sites for hydroxylation is 2. The number of allylic oxidation sites excluding steroid dienone is 2. The maximum absolute atomic E-state index is 12.5. The Bertz CT molecular complexity index is 759. The number of likely N-dealkylation sites (tertiary alicyclic amines) is 1. The van der Waals surface area contributed by atoms with Gasteiger partial charge in [0.25, 0.3) is 0 Å². The lowest BCUT2D eigenvalue weighted by molar-refractivity contribution is -0.158. The van der Waals surface area contributed by atoms with E-state index in [1.54, 1.807) is 0 Å². The van der Waals surface area contributed by atoms with Crippen LogP contribution in [-0.4, -0.2) is 41.9 Å². The van der Waals surface area contributed by atoms with Crippen molar-refractivity contribution in [2.45, 2.75) is 39.7 Å². The third-order valence-electron chi connectivity index (χ3n) is 5.20. The number of fused-ring (bicyclic) bond motifs is 1. The fourth-order valence-electron chi connectivity index (χ4n) is 3.59. The van der Waals surface area contributed by atoms with Crippen LogP contribution in [0.25, 0.3) is 0 Å². The number of carbonyl (C=O) groups excluding carboxylic acids is 3. The number of hydrogen-bond donors (Lipinski definition) is 0. The largest absolute Gasteiger partial charge is 0.490 e. The number of imide groups is 1. The Morgan fingerprint density at radius 3 is 2.37 bits per heavy atom. The van der Waals surface area contributed by atoms with Crippen molar-refractivity contribution in [3.8, 4) is 5.75 Å². The smallest absolute Gasteiger partial charge is 0.329 e. The molecule has 1 aromatic carbocycles. The van der Waals surface area contributed by atoms with Crippen molar-refractivity contribution < 1.29 is 23.9 Å². The van der Waals surface area contributed by atoms with Gasteiger partial charge in [-0.3, -0.25) is 14.5 Å². The average molecular weight is 371 g/mol. The molecule has 2 amide bonds. The van der Waals surface area contributed by atoms with E-state index in [4.69, 9.17) is 9.47 Å². The van der Waals surface area contributed by atoms with Crippen LogP contribution in [0.15, 0.2) is 30.4 Å². The lowest BCUT2D eigenvalue weighted by atomic mass is 9.85. The molecule has 144 valence electrons. The summed E-state index contributed by atoms with van der Waals surface area (Å²) in [5, 5.41) is 0. The van der Waals surface area contributed by atoms with Crippen LogP contribution in [-0.2, 0) is 19.1 Å². The molecule has 0 unspecified atom stereocenters. The first-order chi connectivity index (χ1) is 12.9. The predicted octanol–water partition coefficient (Wildman–Crippen LogP) is 2.57. The molecular weight excluding hydrogens is 346 g/mol. The van der Waals surface area contributed by atoms with E-state index in [1.165, 1.54) is 6.92 Å². The van der Waals surface area contributed by atoms with Gasteiger partial charge in [0.05, 0.1) is 11.8 Å². The number of esters is 1. The number of benzene rings is 1. The highest BCUT2D eigenvalue weighted by Gasteiger charge is 2.50. The van der Waals surface area contributed by atoms with Gasteiger partial charge in [-0.15, -0.1) is 0 Å². The Labute approximate surface area is 159 Å². The van der Waals surface area contributed by atoms with Crippen LogP contribution in [0.4, 0.5) is 0 Å². The molecule has 1 heterocycles. The molecule has 6 nitrogen and oxygen atoms in total. The van der Waals surface area contributed by atoms with Crippen LogP contribution in [0.3, 0.4) is 0 Å². The third kappa shape index (κ3) is 3.89. The van der Waals surface area contributed by atoms with Crippen LogP contribution in [0.1, 0.15) is 30.9 Å². The van der Waals surface area contributed by atoms with E-state index >= 15 is 0 Å². The fraction of sp³-hybridized carbons (Fsp3) is 0.476. The second-order valence-electron chi connectivity index (χ2n) is 7.16. The highest BCUT2D eigenvalue weighted by Crippen LogP contribution is 2.36. The molecule has 1 aliphatic carbocycles. The second-order valence-corrected chi connectivity index (χ2v) is 7.16. The quantitative estimate of drug-likeness (QED) is 0.333. The molecule has 2 aliphatic rings. The summed E-state index contributed by atoms with van der Waals surface area (Å²) >= 11 is 0. The Morgan fingerprint density at radius 2 is 1.74 bits per heavy atom. The Hall–Kier alpha value is -2.63. The topological polar surface area (TPSA) is 72.9 Å². The number of amides is 2. The second kappa shape index (κ2) is 7.94. The lowest BCUT2D eigenvalue weighted by Gasteiger charge is -2.21. The van der Waals surface area contributed by atoms with Gasteiger partial charge in [0.2, 0.25) is 11.8 Å². The highest BCUT2D eigenvalue weighted by atomic mass is 16.6. The minimum Gasteiger partial charge on any atom is -0.490 e. The number of hydrogen-bond acceptors (Lipinski definition) is 5. The van der Waals surface area contributed by atoms with E-state index in [1.807, 2.05) is 44.2 Å². The van der Waals surface area contributed by atoms with Gasteiger partial charge in [-0.2, -0.15) is 0 Å². The van der Waals surface area contributed by atoms with E-state index < -0.39 is 12.0 Å². The summed E-state index contributed by atoms with van der Waals surface area (Å²) in [6, 6.07) is 4.98. The van der Waals surface area contributed by atoms with Crippen molar-refractivity contribution in [2.24, 2.45) is 11.8 Å². The number of rotatable bonds is 6. The van der Waals surface area contributed by atoms with E-state index in [2.05, 4.69) is 0 Å². The molecular formula is C21H25NO5. The van der Waals surface area contributed by atoms with Crippen LogP contribution in [0, 0.1) is 25.7 Å². The van der Waals surface area contributed by atoms with Crippen molar-refractivity contribution in [3.63, 3.8) is 0 Å². The normalized spacial score (nSPS) is 22.6. The summed E-state index contributed by atoms with van der Waals surface area (Å²) in [7, 11) is 0. The van der Waals surface area contributed by atoms with E-state index in [9.17, 15) is 14.4 Å². The minimum absolute atomic E-state index is 0.0567. The number of ether oxygens (including phenoxy) is 2. The first-order valence-corrected chi connectivity index (χ1v) is 9.28. The van der Waals surface area contributed by atoms with Crippen LogP contribution in [0.2, 0.25) is 0 Å². The maximum Gasteiger partial charge on any atom is 0.329 e. The lowest BCUT2D eigenvalue weighted by Crippen LogP contribution is -2.44. The van der Waals surface area contributed by atoms with Gasteiger partial charge in [0.1, 0.15) is 25.0 Å². The summed E-state index contributed by atoms with van der Waals surface area (Å²) < 4.78 is 10.9. The molecule has 0 spiro atoms. The van der Waals surface area contributed by atoms with Gasteiger partial charge < -0.3 is 9.47 Å². The molecule has 0 aromatic heterocycles. The summed E-state index contributed by atoms with van der Waals surface area (Å²) in [4.78, 5) is 38.4. The van der Waals surface area contributed by atoms with Gasteiger partial charge in [0.15, 0.2) is 0 Å². The average Bonchev–Trinajstić information content (AvgIpc) is 2.91. The molecule has 0 saturated carbocycles. The first kappa shape index (κ1) is 19.1. The van der Waals surface area contributed by atoms with Gasteiger partial charge in [0, 0.05) is 0 Å². The van der Waals surface area contributed by atoms with E-state index in [0.29, 0.717) is 12.8 Å². The molecule has 1 aliphatic heterocycles. The van der Waals surface area contributed by atoms with Gasteiger partial charge in [-0.05, 0) is 50.8 Å². The SMILES string of the molecule is Cc1ccc(C)c(OCCOC(=O)[C@H](C)N2C(=O)[C@@H]3CC=CC[C@H]3C2=O)c1. The molecule has 1 aromatic rings. The number of carbonyl (C=O) groups is 3. The molecule has 27 heavy (non-hydrogen) atoms. The minimum atomic E-state index is -0.920. The van der Waals surface area contributed by atoms with Crippen molar-refractivity contribution in [2.75, 3.05) is 13.2 Å². The zero-order valence-corrected chi connectivity index (χ0v) is 15.9. The predicted molar refractivity (Wildman–Crippen MR) is 99.0 cm³/mol. The molecule has 3 atom stereocenters. The third-order valence-corrected chi connectivity index (χ3v) is 5.20. The van der Waals surface area contributed by atoms with E-state index in [-0.39, 0.29) is 36.9 Å². The zero-order chi connectivity index (χ0) is 19.6. The molecule has 0 radical (unpaired) electrons. The Morgan fingerprint density at radius 1 is 1.11 bits per heavy atom. The van der Waals surface area contributed by atoms with Crippen molar-refractivity contribution in [1.82, 2.24) is 4.90 Å². The van der Waals surface area contributed by atoms with Gasteiger partial charge >= 0.3 is 5.97 Å². The van der Waals surface area contributed by atoms with Crippen molar-refractivity contribution in [3.05, 3.63) is 41.5 Å². The molecule has 3 rings (SSSR count). The van der Waals surface area contributed by atoms with Crippen LogP contribution in [0.5, 0.6) is 5.75 Å². The molecule has 0 bridgehead atoms. The maximum atomic E-state index is 12.5. The standard InChI is InChI=1S/C21H25NO5/c1-13-8-9-14(2)18(12-13)26-10-11-27-21(25)15(3)22-19(23)16-6-4-5-7-17(16)20(22)24/h4-5,8-9,12,15-17H,6-7,10-11H2,1-3H3/t15-,16+,17+/m0/s1. The molecule has 6 heteroatoms. The Balaban J connectivity index is 1.51. The summed E-state index contributed by atoms with van der Waals surface area (Å²) in [5.41, 5.74) is 2.09. The summed E-state index contributed by atoms with van der Waals surface area (Å²) in [6.45, 7) is 5.72. The molecule has 1 fully saturated rings. The van der Waals surface area contributed by atoms with Gasteiger partial charge in [-0.1, -0.05) is 24.3 Å². The van der Waals surface area contributed by atoms with Crippen LogP contribution < -0.4 is 4.74 Å². The van der Waals surface area contributed by atoms with Crippen LogP contribution >= 0.6 is 0 Å². The van der Waals surface area contributed by atoms with Gasteiger partial charge in [-0.25, -0.2) is 4.79 Å². The van der Waals surface area contributed by atoms with E-state index in [0.717, 1.165) is 21.8 Å². The molecule has 0 N–H and O–H groups in total. The zero-order valence-electron chi connectivity index (χ0n) is 15.9. The highest BCUT2D eigenvalue weighted by molar-refractivity contribution is 6.08. The van der Waals surface area contributed by atoms with Crippen molar-refractivity contribution >= 4 is 17.8 Å². The Kier molecular flexibility index (Phi) is 5.63. The first-order valence-electron chi connectivity index (χ1n) is 9.28.